The van der Waals surface area contributed by atoms with Gasteiger partial charge in [0.25, 0.3) is 11.6 Å². The van der Waals surface area contributed by atoms with Gasteiger partial charge in [0.1, 0.15) is 11.4 Å². The van der Waals surface area contributed by atoms with Gasteiger partial charge < -0.3 is 15.1 Å². The van der Waals surface area contributed by atoms with Gasteiger partial charge in [-0.25, -0.2) is 5.43 Å². The van der Waals surface area contributed by atoms with Gasteiger partial charge in [-0.2, -0.15) is 5.10 Å². The first kappa shape index (κ1) is 16.9. The zero-order valence-electron chi connectivity index (χ0n) is 11.6. The minimum atomic E-state index is -0.586. The Kier molecular flexibility index (Phi) is 5.36. The van der Waals surface area contributed by atoms with Crippen LogP contribution in [-0.2, 0) is 7.05 Å². The van der Waals surface area contributed by atoms with Crippen molar-refractivity contribution in [3.8, 4) is 5.75 Å². The highest BCUT2D eigenvalue weighted by atomic mass is 16.6. The van der Waals surface area contributed by atoms with E-state index in [9.17, 15) is 20.0 Å². The SMILES string of the molecule is Cn1cc([N+](=O)[O-])cc1C(=O)N/N=C/c1ccccc1O.O. The molecule has 1 amide bonds. The molecular formula is C13H14N4O5. The summed E-state index contributed by atoms with van der Waals surface area (Å²) in [6.45, 7) is 0. The Morgan fingerprint density at radius 2 is 2.14 bits per heavy atom. The van der Waals surface area contributed by atoms with Gasteiger partial charge in [0.15, 0.2) is 0 Å². The van der Waals surface area contributed by atoms with Crippen LogP contribution < -0.4 is 5.43 Å². The summed E-state index contributed by atoms with van der Waals surface area (Å²) in [6, 6.07) is 7.64. The molecule has 2 aromatic rings. The molecule has 1 aromatic carbocycles. The average molecular weight is 306 g/mol. The molecule has 0 saturated carbocycles. The minimum Gasteiger partial charge on any atom is -0.507 e. The maximum atomic E-state index is 11.8. The van der Waals surface area contributed by atoms with E-state index < -0.39 is 10.8 Å². The lowest BCUT2D eigenvalue weighted by Gasteiger charge is -2.00. The number of rotatable bonds is 4. The summed E-state index contributed by atoms with van der Waals surface area (Å²) in [5.74, 6) is -0.553. The van der Waals surface area contributed by atoms with Crippen molar-refractivity contribution in [2.45, 2.75) is 0 Å². The summed E-state index contributed by atoms with van der Waals surface area (Å²) in [5, 5.41) is 23.9. The third-order valence-corrected chi connectivity index (χ3v) is 2.74. The predicted molar refractivity (Wildman–Crippen MR) is 78.8 cm³/mol. The number of phenols is 1. The van der Waals surface area contributed by atoms with Crippen LogP contribution >= 0.6 is 0 Å². The molecule has 0 unspecified atom stereocenters. The van der Waals surface area contributed by atoms with E-state index in [1.54, 1.807) is 18.2 Å². The van der Waals surface area contributed by atoms with Crippen LogP contribution in [0.1, 0.15) is 16.1 Å². The molecule has 1 heterocycles. The van der Waals surface area contributed by atoms with Crippen LogP contribution in [0, 0.1) is 10.1 Å². The number of aryl methyl sites for hydroxylation is 1. The van der Waals surface area contributed by atoms with Gasteiger partial charge in [0.2, 0.25) is 0 Å². The van der Waals surface area contributed by atoms with Gasteiger partial charge in [-0.05, 0) is 12.1 Å². The number of amides is 1. The Labute approximate surface area is 125 Å². The first-order valence-electron chi connectivity index (χ1n) is 5.91. The van der Waals surface area contributed by atoms with Crippen molar-refractivity contribution in [3.05, 3.63) is 57.9 Å². The van der Waals surface area contributed by atoms with Gasteiger partial charge in [-0.3, -0.25) is 14.9 Å². The lowest BCUT2D eigenvalue weighted by atomic mass is 10.2. The van der Waals surface area contributed by atoms with E-state index in [1.807, 2.05) is 0 Å². The molecule has 0 spiro atoms. The summed E-state index contributed by atoms with van der Waals surface area (Å²) >= 11 is 0. The molecular weight excluding hydrogens is 292 g/mol. The lowest BCUT2D eigenvalue weighted by Crippen LogP contribution is -2.20. The molecule has 2 rings (SSSR count). The van der Waals surface area contributed by atoms with E-state index in [0.717, 1.165) is 6.07 Å². The molecule has 0 atom stereocenters. The second-order valence-corrected chi connectivity index (χ2v) is 4.21. The normalized spacial score (nSPS) is 10.2. The molecule has 9 nitrogen and oxygen atoms in total. The number of carbonyl (C=O) groups is 1. The van der Waals surface area contributed by atoms with E-state index >= 15 is 0 Å². The number of nitrogens with one attached hydrogen (secondary N) is 1. The number of nitrogens with zero attached hydrogens (tertiary/aromatic N) is 3. The molecule has 22 heavy (non-hydrogen) atoms. The summed E-state index contributed by atoms with van der Waals surface area (Å²) in [5.41, 5.74) is 2.62. The fourth-order valence-corrected chi connectivity index (χ4v) is 1.69. The monoisotopic (exact) mass is 306 g/mol. The molecule has 0 bridgehead atoms. The molecule has 0 aliphatic heterocycles. The number of benzene rings is 1. The quantitative estimate of drug-likeness (QED) is 0.484. The molecule has 0 saturated heterocycles. The lowest BCUT2D eigenvalue weighted by molar-refractivity contribution is -0.384. The second-order valence-electron chi connectivity index (χ2n) is 4.21. The van der Waals surface area contributed by atoms with Crippen LogP contribution in [0.15, 0.2) is 41.6 Å². The van der Waals surface area contributed by atoms with Crippen molar-refractivity contribution in [1.29, 1.82) is 0 Å². The Bertz CT molecular complexity index is 723. The summed E-state index contributed by atoms with van der Waals surface area (Å²) in [4.78, 5) is 21.9. The first-order chi connectivity index (χ1) is 9.99. The highest BCUT2D eigenvalue weighted by Crippen LogP contribution is 2.15. The number of hydrogen-bond donors (Lipinski definition) is 2. The van der Waals surface area contributed by atoms with E-state index in [4.69, 9.17) is 0 Å². The van der Waals surface area contributed by atoms with Crippen LogP contribution in [0.2, 0.25) is 0 Å². The highest BCUT2D eigenvalue weighted by Gasteiger charge is 2.16. The zero-order valence-corrected chi connectivity index (χ0v) is 11.6. The molecule has 9 heteroatoms. The van der Waals surface area contributed by atoms with Gasteiger partial charge >= 0.3 is 0 Å². The van der Waals surface area contributed by atoms with E-state index in [-0.39, 0.29) is 22.6 Å². The highest BCUT2D eigenvalue weighted by molar-refractivity contribution is 5.94. The minimum absolute atomic E-state index is 0. The van der Waals surface area contributed by atoms with Gasteiger partial charge in [0, 0.05) is 18.7 Å². The number of aromatic nitrogens is 1. The van der Waals surface area contributed by atoms with Crippen LogP contribution in [0.4, 0.5) is 5.69 Å². The van der Waals surface area contributed by atoms with Crippen LogP contribution in [0.5, 0.6) is 5.75 Å². The predicted octanol–water partition coefficient (Wildman–Crippen LogP) is 0.578. The van der Waals surface area contributed by atoms with Gasteiger partial charge in [0.05, 0.1) is 17.3 Å². The molecule has 1 aromatic heterocycles. The number of aromatic hydroxyl groups is 1. The third-order valence-electron chi connectivity index (χ3n) is 2.74. The Morgan fingerprint density at radius 1 is 1.45 bits per heavy atom. The van der Waals surface area contributed by atoms with E-state index in [2.05, 4.69) is 10.5 Å². The standard InChI is InChI=1S/C13H12N4O4.H2O/c1-16-8-10(17(20)21)6-11(16)13(19)15-14-7-9-4-2-3-5-12(9)18;/h2-8,18H,1H3,(H,15,19);1H2/b14-7+;. The van der Waals surface area contributed by atoms with Crippen molar-refractivity contribution in [2.24, 2.45) is 12.1 Å². The van der Waals surface area contributed by atoms with E-state index in [1.165, 1.54) is 30.1 Å². The molecule has 0 aliphatic rings. The third kappa shape index (κ3) is 3.67. The average Bonchev–Trinajstić information content (AvgIpc) is 2.83. The second kappa shape index (κ2) is 6.99. The Morgan fingerprint density at radius 3 is 2.73 bits per heavy atom. The van der Waals surface area contributed by atoms with Gasteiger partial charge in [-0.1, -0.05) is 12.1 Å². The zero-order chi connectivity index (χ0) is 15.4. The maximum Gasteiger partial charge on any atom is 0.288 e. The molecule has 4 N–H and O–H groups in total. The summed E-state index contributed by atoms with van der Waals surface area (Å²) < 4.78 is 1.34. The Balaban J connectivity index is 0.00000242. The molecule has 116 valence electrons. The topological polar surface area (TPSA) is 141 Å². The summed E-state index contributed by atoms with van der Waals surface area (Å²) in [6.07, 6.45) is 2.52. The van der Waals surface area contributed by atoms with Crippen molar-refractivity contribution in [3.63, 3.8) is 0 Å². The largest absolute Gasteiger partial charge is 0.507 e. The molecule has 0 radical (unpaired) electrons. The maximum absolute atomic E-state index is 11.8. The smallest absolute Gasteiger partial charge is 0.288 e. The number of hydrazone groups is 1. The molecule has 0 fully saturated rings. The van der Waals surface area contributed by atoms with Crippen molar-refractivity contribution in [2.75, 3.05) is 0 Å². The summed E-state index contributed by atoms with van der Waals surface area (Å²) in [7, 11) is 1.52. The van der Waals surface area contributed by atoms with Crippen LogP contribution in [0.3, 0.4) is 0 Å². The first-order valence-corrected chi connectivity index (χ1v) is 5.91. The fourth-order valence-electron chi connectivity index (χ4n) is 1.69. The van der Waals surface area contributed by atoms with Crippen molar-refractivity contribution >= 4 is 17.8 Å². The number of nitro groups is 1. The Hall–Kier alpha value is -3.20. The number of phenolic OH excluding ortho intramolecular Hbond substituents is 1. The van der Waals surface area contributed by atoms with Crippen LogP contribution in [-0.4, -0.2) is 32.2 Å². The van der Waals surface area contributed by atoms with Gasteiger partial charge in [-0.15, -0.1) is 0 Å². The fraction of sp³-hybridized carbons (Fsp3) is 0.0769. The van der Waals surface area contributed by atoms with Crippen molar-refractivity contribution < 1.29 is 20.3 Å². The number of para-hydroxylation sites is 1. The molecule has 0 aliphatic carbocycles. The van der Waals surface area contributed by atoms with Crippen molar-refractivity contribution in [1.82, 2.24) is 9.99 Å². The number of hydrogen-bond acceptors (Lipinski definition) is 5. The van der Waals surface area contributed by atoms with E-state index in [0.29, 0.717) is 5.56 Å². The van der Waals surface area contributed by atoms with Crippen LogP contribution in [0.25, 0.3) is 0 Å². The number of carbonyl (C=O) groups excluding carboxylic acids is 1.